The van der Waals surface area contributed by atoms with Crippen LogP contribution >= 0.6 is 11.6 Å². The van der Waals surface area contributed by atoms with Crippen molar-refractivity contribution in [2.24, 2.45) is 0 Å². The van der Waals surface area contributed by atoms with Crippen LogP contribution in [-0.2, 0) is 16.1 Å². The Bertz CT molecular complexity index is 1230. The lowest BCUT2D eigenvalue weighted by atomic mass is 9.98. The molecule has 29 heavy (non-hydrogen) atoms. The highest BCUT2D eigenvalue weighted by Crippen LogP contribution is 2.42. The van der Waals surface area contributed by atoms with Crippen molar-refractivity contribution >= 4 is 39.4 Å². The van der Waals surface area contributed by atoms with Crippen molar-refractivity contribution in [2.75, 3.05) is 13.7 Å². The van der Waals surface area contributed by atoms with Gasteiger partial charge in [-0.3, -0.25) is 9.78 Å². The van der Waals surface area contributed by atoms with Gasteiger partial charge in [-0.1, -0.05) is 23.7 Å². The second kappa shape index (κ2) is 7.76. The van der Waals surface area contributed by atoms with Gasteiger partial charge in [0, 0.05) is 33.2 Å². The summed E-state index contributed by atoms with van der Waals surface area (Å²) in [6.07, 6.45) is 1.78. The maximum absolute atomic E-state index is 12.3. The topological polar surface area (TPSA) is 53.4 Å². The maximum Gasteiger partial charge on any atom is 0.325 e. The number of halogens is 1. The predicted molar refractivity (Wildman–Crippen MR) is 116 cm³/mol. The molecule has 2 aromatic carbocycles. The van der Waals surface area contributed by atoms with E-state index in [-0.39, 0.29) is 12.5 Å². The maximum atomic E-state index is 12.3. The molecule has 5 nitrogen and oxygen atoms in total. The third kappa shape index (κ3) is 3.32. The van der Waals surface area contributed by atoms with E-state index in [1.165, 1.54) is 0 Å². The largest absolute Gasteiger partial charge is 0.496 e. The van der Waals surface area contributed by atoms with Gasteiger partial charge in [0.25, 0.3) is 0 Å². The van der Waals surface area contributed by atoms with Gasteiger partial charge in [-0.15, -0.1) is 0 Å². The zero-order chi connectivity index (χ0) is 20.5. The second-order valence-corrected chi connectivity index (χ2v) is 7.16. The smallest absolute Gasteiger partial charge is 0.325 e. The number of carbonyl (C=O) groups excluding carboxylic acids is 1. The van der Waals surface area contributed by atoms with E-state index in [1.54, 1.807) is 20.2 Å². The Hall–Kier alpha value is -3.05. The Labute approximate surface area is 173 Å². The van der Waals surface area contributed by atoms with Crippen molar-refractivity contribution in [1.29, 1.82) is 0 Å². The first-order valence-corrected chi connectivity index (χ1v) is 9.79. The number of nitrogens with zero attached hydrogens (tertiary/aromatic N) is 2. The minimum Gasteiger partial charge on any atom is -0.496 e. The summed E-state index contributed by atoms with van der Waals surface area (Å²) >= 11 is 6.17. The Kier molecular flexibility index (Phi) is 5.16. The number of aromatic nitrogens is 2. The van der Waals surface area contributed by atoms with Gasteiger partial charge >= 0.3 is 5.97 Å². The standard InChI is InChI=1S/C23H21ClN2O3/c1-4-29-21(27)13-26-14(2)22(23-19(26)6-5-7-20(23)28-3)17-10-11-25-18-12-15(24)8-9-16(17)18/h5-12H,4,13H2,1-3H3. The van der Waals surface area contributed by atoms with Gasteiger partial charge in [0.1, 0.15) is 12.3 Å². The summed E-state index contributed by atoms with van der Waals surface area (Å²) in [4.78, 5) is 16.7. The van der Waals surface area contributed by atoms with Crippen LogP contribution in [0.15, 0.2) is 48.7 Å². The average molecular weight is 409 g/mol. The molecule has 0 unspecified atom stereocenters. The highest BCUT2D eigenvalue weighted by Gasteiger charge is 2.22. The normalized spacial score (nSPS) is 11.2. The quantitative estimate of drug-likeness (QED) is 0.415. The molecule has 0 radical (unpaired) electrons. The van der Waals surface area contributed by atoms with Crippen molar-refractivity contribution < 1.29 is 14.3 Å². The third-order valence-corrected chi connectivity index (χ3v) is 5.33. The molecule has 4 rings (SSSR count). The Morgan fingerprint density at radius 1 is 1.21 bits per heavy atom. The zero-order valence-electron chi connectivity index (χ0n) is 16.5. The number of fused-ring (bicyclic) bond motifs is 2. The summed E-state index contributed by atoms with van der Waals surface area (Å²) in [6.45, 7) is 4.30. The fourth-order valence-electron chi connectivity index (χ4n) is 3.87. The Morgan fingerprint density at radius 2 is 2.03 bits per heavy atom. The Balaban J connectivity index is 2.05. The van der Waals surface area contributed by atoms with Gasteiger partial charge in [0.15, 0.2) is 0 Å². The molecule has 0 atom stereocenters. The fraction of sp³-hybridized carbons (Fsp3) is 0.217. The molecule has 148 valence electrons. The summed E-state index contributed by atoms with van der Waals surface area (Å²) in [6, 6.07) is 13.5. The first-order valence-electron chi connectivity index (χ1n) is 9.41. The molecule has 0 aliphatic carbocycles. The zero-order valence-corrected chi connectivity index (χ0v) is 17.3. The van der Waals surface area contributed by atoms with Crippen molar-refractivity contribution in [2.45, 2.75) is 20.4 Å². The van der Waals surface area contributed by atoms with Crippen molar-refractivity contribution in [3.63, 3.8) is 0 Å². The van der Waals surface area contributed by atoms with Crippen LogP contribution in [0, 0.1) is 6.92 Å². The number of rotatable bonds is 5. The van der Waals surface area contributed by atoms with Gasteiger partial charge in [0.05, 0.1) is 24.8 Å². The van der Waals surface area contributed by atoms with Crippen LogP contribution < -0.4 is 4.74 Å². The summed E-state index contributed by atoms with van der Waals surface area (Å²) in [5.41, 5.74) is 4.72. The number of hydrogen-bond donors (Lipinski definition) is 0. The molecule has 0 bridgehead atoms. The molecule has 0 fully saturated rings. The summed E-state index contributed by atoms with van der Waals surface area (Å²) < 4.78 is 12.8. The predicted octanol–water partition coefficient (Wildman–Crippen LogP) is 5.39. The summed E-state index contributed by atoms with van der Waals surface area (Å²) in [5.74, 6) is 0.482. The summed E-state index contributed by atoms with van der Waals surface area (Å²) in [7, 11) is 1.65. The number of esters is 1. The van der Waals surface area contributed by atoms with Crippen LogP contribution in [-0.4, -0.2) is 29.2 Å². The van der Waals surface area contributed by atoms with Gasteiger partial charge in [-0.2, -0.15) is 0 Å². The fourth-order valence-corrected chi connectivity index (χ4v) is 4.04. The first kappa shape index (κ1) is 19.3. The molecule has 0 aliphatic heterocycles. The molecule has 0 amide bonds. The van der Waals surface area contributed by atoms with Crippen LogP contribution in [0.4, 0.5) is 0 Å². The van der Waals surface area contributed by atoms with Gasteiger partial charge in [-0.25, -0.2) is 0 Å². The molecule has 0 aliphatic rings. The van der Waals surface area contributed by atoms with E-state index in [0.29, 0.717) is 11.6 Å². The molecule has 2 aromatic heterocycles. The van der Waals surface area contributed by atoms with Gasteiger partial charge in [-0.05, 0) is 49.7 Å². The summed E-state index contributed by atoms with van der Waals surface area (Å²) in [5, 5.41) is 2.58. The van der Waals surface area contributed by atoms with Crippen LogP contribution in [0.2, 0.25) is 5.02 Å². The van der Waals surface area contributed by atoms with E-state index in [4.69, 9.17) is 21.1 Å². The van der Waals surface area contributed by atoms with Crippen LogP contribution in [0.1, 0.15) is 12.6 Å². The van der Waals surface area contributed by atoms with E-state index in [1.807, 2.05) is 54.0 Å². The molecule has 4 aromatic rings. The first-order chi connectivity index (χ1) is 14.0. The number of hydrogen-bond acceptors (Lipinski definition) is 4. The minimum atomic E-state index is -0.270. The van der Waals surface area contributed by atoms with Crippen LogP contribution in [0.3, 0.4) is 0 Å². The highest BCUT2D eigenvalue weighted by molar-refractivity contribution is 6.31. The second-order valence-electron chi connectivity index (χ2n) is 6.73. The van der Waals surface area contributed by atoms with E-state index < -0.39 is 0 Å². The lowest BCUT2D eigenvalue weighted by Crippen LogP contribution is -2.14. The average Bonchev–Trinajstić information content (AvgIpc) is 2.99. The molecular weight excluding hydrogens is 388 g/mol. The molecule has 0 saturated carbocycles. The number of ether oxygens (including phenoxy) is 2. The van der Waals surface area contributed by atoms with Crippen LogP contribution in [0.5, 0.6) is 5.75 Å². The number of carbonyl (C=O) groups is 1. The van der Waals surface area contributed by atoms with Crippen molar-refractivity contribution in [1.82, 2.24) is 9.55 Å². The monoisotopic (exact) mass is 408 g/mol. The van der Waals surface area contributed by atoms with E-state index in [0.717, 1.165) is 44.4 Å². The Morgan fingerprint density at radius 3 is 2.79 bits per heavy atom. The van der Waals surface area contributed by atoms with E-state index in [9.17, 15) is 4.79 Å². The number of benzene rings is 2. The van der Waals surface area contributed by atoms with E-state index in [2.05, 4.69) is 4.98 Å². The van der Waals surface area contributed by atoms with E-state index >= 15 is 0 Å². The minimum absolute atomic E-state index is 0.137. The van der Waals surface area contributed by atoms with Gasteiger partial charge < -0.3 is 14.0 Å². The number of methoxy groups -OCH3 is 1. The number of pyridine rings is 1. The molecule has 0 spiro atoms. The lowest BCUT2D eigenvalue weighted by molar-refractivity contribution is -0.143. The highest BCUT2D eigenvalue weighted by atomic mass is 35.5. The molecular formula is C23H21ClN2O3. The molecule has 0 N–H and O–H groups in total. The third-order valence-electron chi connectivity index (χ3n) is 5.10. The lowest BCUT2D eigenvalue weighted by Gasteiger charge is -2.10. The SMILES string of the molecule is CCOC(=O)Cn1c(C)c(-c2ccnc3cc(Cl)ccc23)c2c(OC)cccc21. The van der Waals surface area contributed by atoms with Gasteiger partial charge in [0.2, 0.25) is 0 Å². The van der Waals surface area contributed by atoms with Crippen LogP contribution in [0.25, 0.3) is 32.9 Å². The van der Waals surface area contributed by atoms with Crippen molar-refractivity contribution in [3.05, 3.63) is 59.4 Å². The molecule has 2 heterocycles. The molecule has 6 heteroatoms. The molecule has 0 saturated heterocycles. The van der Waals surface area contributed by atoms with Crippen molar-refractivity contribution in [3.8, 4) is 16.9 Å².